The number of anilines is 2. The van der Waals surface area contributed by atoms with Crippen LogP contribution in [0, 0.1) is 12.8 Å². The molecule has 0 spiro atoms. The number of nitrogens with zero attached hydrogens (tertiary/aromatic N) is 1. The van der Waals surface area contributed by atoms with E-state index in [0.717, 1.165) is 56.8 Å². The molecule has 0 saturated carbocycles. The molecule has 1 heterocycles. The maximum absolute atomic E-state index is 12.3. The normalized spacial score (nSPS) is 21.7. The lowest BCUT2D eigenvalue weighted by molar-refractivity contribution is -0.120. The fourth-order valence-electron chi connectivity index (χ4n) is 3.07. The summed E-state index contributed by atoms with van der Waals surface area (Å²) >= 11 is 0. The van der Waals surface area contributed by atoms with Crippen molar-refractivity contribution >= 4 is 17.3 Å². The Labute approximate surface area is 132 Å². The van der Waals surface area contributed by atoms with Crippen molar-refractivity contribution in [3.05, 3.63) is 35.9 Å². The number of ether oxygens (including phenoxy) is 1. The number of allylic oxidation sites excluding steroid dienone is 2. The minimum absolute atomic E-state index is 0.114. The van der Waals surface area contributed by atoms with Crippen LogP contribution in [-0.2, 0) is 9.53 Å². The SMILES string of the molecule is Cc1cc(N2CCOCC2)ccc1NC(=O)[C@@H]1CC=CCC1. The zero-order chi connectivity index (χ0) is 15.4. The zero-order valence-electron chi connectivity index (χ0n) is 13.2. The Bertz CT molecular complexity index is 562. The molecule has 1 N–H and O–H groups in total. The largest absolute Gasteiger partial charge is 0.378 e. The van der Waals surface area contributed by atoms with Crippen LogP contribution in [0.2, 0.25) is 0 Å². The second-order valence-electron chi connectivity index (χ2n) is 6.07. The molecule has 4 heteroatoms. The summed E-state index contributed by atoms with van der Waals surface area (Å²) in [5.74, 6) is 0.259. The topological polar surface area (TPSA) is 41.6 Å². The first-order chi connectivity index (χ1) is 10.7. The second kappa shape index (κ2) is 6.97. The monoisotopic (exact) mass is 300 g/mol. The molecule has 1 atom stereocenters. The zero-order valence-corrected chi connectivity index (χ0v) is 13.2. The minimum Gasteiger partial charge on any atom is -0.378 e. The van der Waals surface area contributed by atoms with Gasteiger partial charge in [0.15, 0.2) is 0 Å². The summed E-state index contributed by atoms with van der Waals surface area (Å²) < 4.78 is 5.39. The van der Waals surface area contributed by atoms with Crippen molar-refractivity contribution in [2.75, 3.05) is 36.5 Å². The Morgan fingerprint density at radius 2 is 2.09 bits per heavy atom. The number of hydrogen-bond acceptors (Lipinski definition) is 3. The Kier molecular flexibility index (Phi) is 4.78. The Balaban J connectivity index is 1.66. The van der Waals surface area contributed by atoms with E-state index in [1.54, 1.807) is 0 Å². The average Bonchev–Trinajstić information content (AvgIpc) is 2.58. The summed E-state index contributed by atoms with van der Waals surface area (Å²) in [4.78, 5) is 14.7. The number of nitrogens with one attached hydrogen (secondary N) is 1. The maximum Gasteiger partial charge on any atom is 0.227 e. The number of morpholine rings is 1. The predicted octanol–water partition coefficient (Wildman–Crippen LogP) is 3.13. The second-order valence-corrected chi connectivity index (χ2v) is 6.07. The van der Waals surface area contributed by atoms with E-state index >= 15 is 0 Å². The smallest absolute Gasteiger partial charge is 0.227 e. The van der Waals surface area contributed by atoms with E-state index in [1.807, 2.05) is 6.07 Å². The molecule has 0 radical (unpaired) electrons. The highest BCUT2D eigenvalue weighted by atomic mass is 16.5. The van der Waals surface area contributed by atoms with E-state index in [9.17, 15) is 4.79 Å². The van der Waals surface area contributed by atoms with Crippen molar-refractivity contribution in [2.45, 2.75) is 26.2 Å². The quantitative estimate of drug-likeness (QED) is 0.872. The van der Waals surface area contributed by atoms with Gasteiger partial charge in [0, 0.05) is 30.4 Å². The average molecular weight is 300 g/mol. The third kappa shape index (κ3) is 3.50. The molecule has 2 aliphatic rings. The molecular weight excluding hydrogens is 276 g/mol. The standard InChI is InChI=1S/C18H24N2O2/c1-14-13-16(20-9-11-22-12-10-20)7-8-17(14)19-18(21)15-5-3-2-4-6-15/h2-3,7-8,13,15H,4-6,9-12H2,1H3,(H,19,21)/t15-/m1/s1. The van der Waals surface area contributed by atoms with E-state index in [-0.39, 0.29) is 11.8 Å². The van der Waals surface area contributed by atoms with Gasteiger partial charge in [-0.25, -0.2) is 0 Å². The number of carbonyl (C=O) groups excluding carboxylic acids is 1. The van der Waals surface area contributed by atoms with Crippen LogP contribution in [0.1, 0.15) is 24.8 Å². The van der Waals surface area contributed by atoms with Crippen LogP contribution in [-0.4, -0.2) is 32.2 Å². The minimum atomic E-state index is 0.114. The van der Waals surface area contributed by atoms with Gasteiger partial charge >= 0.3 is 0 Å². The molecule has 1 amide bonds. The van der Waals surface area contributed by atoms with E-state index in [2.05, 4.69) is 41.4 Å². The van der Waals surface area contributed by atoms with Crippen LogP contribution in [0.15, 0.2) is 30.4 Å². The van der Waals surface area contributed by atoms with Crippen molar-refractivity contribution in [3.8, 4) is 0 Å². The Morgan fingerprint density at radius 1 is 1.27 bits per heavy atom. The Morgan fingerprint density at radius 3 is 2.77 bits per heavy atom. The number of carbonyl (C=O) groups is 1. The summed E-state index contributed by atoms with van der Waals surface area (Å²) in [5, 5.41) is 3.09. The van der Waals surface area contributed by atoms with Gasteiger partial charge in [-0.3, -0.25) is 4.79 Å². The van der Waals surface area contributed by atoms with Crippen LogP contribution in [0.3, 0.4) is 0 Å². The molecule has 0 aromatic heterocycles. The molecule has 1 aromatic rings. The van der Waals surface area contributed by atoms with Gasteiger partial charge in [0.2, 0.25) is 5.91 Å². The highest BCUT2D eigenvalue weighted by molar-refractivity contribution is 5.93. The number of hydrogen-bond donors (Lipinski definition) is 1. The van der Waals surface area contributed by atoms with Gasteiger partial charge in [0.05, 0.1) is 13.2 Å². The molecule has 1 aliphatic carbocycles. The summed E-state index contributed by atoms with van der Waals surface area (Å²) in [5.41, 5.74) is 3.25. The number of aryl methyl sites for hydroxylation is 1. The Hall–Kier alpha value is -1.81. The lowest BCUT2D eigenvalue weighted by atomic mass is 9.93. The van der Waals surface area contributed by atoms with Gasteiger partial charge in [-0.05, 0) is 49.9 Å². The molecule has 118 valence electrons. The van der Waals surface area contributed by atoms with Crippen LogP contribution >= 0.6 is 0 Å². The van der Waals surface area contributed by atoms with Gasteiger partial charge in [-0.1, -0.05) is 12.2 Å². The van der Waals surface area contributed by atoms with Gasteiger partial charge < -0.3 is 15.0 Å². The van der Waals surface area contributed by atoms with Crippen molar-refractivity contribution in [1.82, 2.24) is 0 Å². The highest BCUT2D eigenvalue weighted by Gasteiger charge is 2.19. The van der Waals surface area contributed by atoms with E-state index in [0.29, 0.717) is 0 Å². The first kappa shape index (κ1) is 15.1. The van der Waals surface area contributed by atoms with Crippen LogP contribution in [0.25, 0.3) is 0 Å². The fraction of sp³-hybridized carbons (Fsp3) is 0.500. The molecule has 3 rings (SSSR count). The molecule has 22 heavy (non-hydrogen) atoms. The molecule has 1 aromatic carbocycles. The van der Waals surface area contributed by atoms with E-state index in [1.165, 1.54) is 5.69 Å². The molecule has 1 saturated heterocycles. The molecule has 1 fully saturated rings. The summed E-state index contributed by atoms with van der Waals surface area (Å²) in [6.07, 6.45) is 7.09. The summed E-state index contributed by atoms with van der Waals surface area (Å²) in [7, 11) is 0. The van der Waals surface area contributed by atoms with Gasteiger partial charge in [-0.2, -0.15) is 0 Å². The van der Waals surface area contributed by atoms with Gasteiger partial charge in [0.25, 0.3) is 0 Å². The van der Waals surface area contributed by atoms with Gasteiger partial charge in [0.1, 0.15) is 0 Å². The van der Waals surface area contributed by atoms with Crippen LogP contribution in [0.5, 0.6) is 0 Å². The summed E-state index contributed by atoms with van der Waals surface area (Å²) in [6.45, 7) is 5.49. The number of benzene rings is 1. The highest BCUT2D eigenvalue weighted by Crippen LogP contribution is 2.25. The van der Waals surface area contributed by atoms with E-state index < -0.39 is 0 Å². The van der Waals surface area contributed by atoms with Gasteiger partial charge in [-0.15, -0.1) is 0 Å². The third-order valence-corrected chi connectivity index (χ3v) is 4.48. The first-order valence-corrected chi connectivity index (χ1v) is 8.13. The molecule has 0 bridgehead atoms. The van der Waals surface area contributed by atoms with Crippen molar-refractivity contribution < 1.29 is 9.53 Å². The predicted molar refractivity (Wildman–Crippen MR) is 89.3 cm³/mol. The summed E-state index contributed by atoms with van der Waals surface area (Å²) in [6, 6.07) is 6.27. The molecule has 1 aliphatic heterocycles. The maximum atomic E-state index is 12.3. The van der Waals surface area contributed by atoms with Crippen molar-refractivity contribution in [3.63, 3.8) is 0 Å². The van der Waals surface area contributed by atoms with E-state index in [4.69, 9.17) is 4.74 Å². The van der Waals surface area contributed by atoms with Crippen molar-refractivity contribution in [1.29, 1.82) is 0 Å². The molecule has 0 unspecified atom stereocenters. The van der Waals surface area contributed by atoms with Crippen LogP contribution in [0.4, 0.5) is 11.4 Å². The fourth-order valence-corrected chi connectivity index (χ4v) is 3.07. The van der Waals surface area contributed by atoms with Crippen LogP contribution < -0.4 is 10.2 Å². The number of rotatable bonds is 3. The first-order valence-electron chi connectivity index (χ1n) is 8.13. The number of amides is 1. The van der Waals surface area contributed by atoms with Crippen molar-refractivity contribution in [2.24, 2.45) is 5.92 Å². The lowest BCUT2D eigenvalue weighted by Crippen LogP contribution is -2.36. The molecule has 4 nitrogen and oxygen atoms in total. The molecular formula is C18H24N2O2. The lowest BCUT2D eigenvalue weighted by Gasteiger charge is -2.29. The third-order valence-electron chi connectivity index (χ3n) is 4.48.